The van der Waals surface area contributed by atoms with Crippen molar-refractivity contribution >= 4 is 29.1 Å². The van der Waals surface area contributed by atoms with Gasteiger partial charge < -0.3 is 14.8 Å². The first-order chi connectivity index (χ1) is 14.3. The summed E-state index contributed by atoms with van der Waals surface area (Å²) in [6.07, 6.45) is -0.164. The van der Waals surface area contributed by atoms with Gasteiger partial charge in [-0.3, -0.25) is 14.4 Å². The number of carbonyl (C=O) groups excluding carboxylic acids is 3. The SMILES string of the molecule is COc1cc2c(cc1OC)[C@@H](CC(=O)Nc1ccccc1)C(=O)N(C(C)=O)N=C2C. The first-order valence-electron chi connectivity index (χ1n) is 9.36. The van der Waals surface area contributed by atoms with Crippen molar-refractivity contribution in [1.82, 2.24) is 5.01 Å². The normalized spacial score (nSPS) is 15.6. The number of anilines is 1. The lowest BCUT2D eigenvalue weighted by atomic mass is 9.88. The van der Waals surface area contributed by atoms with Gasteiger partial charge in [-0.2, -0.15) is 10.1 Å². The predicted octanol–water partition coefficient (Wildman–Crippen LogP) is 2.93. The van der Waals surface area contributed by atoms with Crippen molar-refractivity contribution in [3.8, 4) is 11.5 Å². The Labute approximate surface area is 174 Å². The molecule has 3 amide bonds. The highest BCUT2D eigenvalue weighted by Crippen LogP contribution is 2.38. The fourth-order valence-electron chi connectivity index (χ4n) is 3.37. The molecule has 1 N–H and O–H groups in total. The summed E-state index contributed by atoms with van der Waals surface area (Å²) in [6.45, 7) is 2.95. The number of nitrogens with one attached hydrogen (secondary N) is 1. The van der Waals surface area contributed by atoms with Gasteiger partial charge in [0.2, 0.25) is 11.8 Å². The predicted molar refractivity (Wildman–Crippen MR) is 112 cm³/mol. The van der Waals surface area contributed by atoms with Crippen molar-refractivity contribution in [2.24, 2.45) is 5.10 Å². The van der Waals surface area contributed by atoms with Crippen molar-refractivity contribution in [2.75, 3.05) is 19.5 Å². The smallest absolute Gasteiger partial charge is 0.257 e. The highest BCUT2D eigenvalue weighted by atomic mass is 16.5. The number of imide groups is 1. The molecule has 0 fully saturated rings. The number of ether oxygens (including phenoxy) is 2. The number of carbonyl (C=O) groups is 3. The van der Waals surface area contributed by atoms with Crippen LogP contribution in [0.5, 0.6) is 11.5 Å². The van der Waals surface area contributed by atoms with E-state index in [1.807, 2.05) is 6.07 Å². The highest BCUT2D eigenvalue weighted by Gasteiger charge is 2.36. The molecule has 2 aromatic carbocycles. The highest BCUT2D eigenvalue weighted by molar-refractivity contribution is 6.09. The van der Waals surface area contributed by atoms with Crippen molar-refractivity contribution < 1.29 is 23.9 Å². The van der Waals surface area contributed by atoms with Gasteiger partial charge in [0.25, 0.3) is 5.91 Å². The number of methoxy groups -OCH3 is 2. The molecule has 0 radical (unpaired) electrons. The van der Waals surface area contributed by atoms with E-state index >= 15 is 0 Å². The molecule has 0 unspecified atom stereocenters. The molecule has 0 aliphatic carbocycles. The lowest BCUT2D eigenvalue weighted by Crippen LogP contribution is -2.35. The lowest BCUT2D eigenvalue weighted by Gasteiger charge is -2.21. The van der Waals surface area contributed by atoms with Crippen LogP contribution in [0.4, 0.5) is 5.69 Å². The summed E-state index contributed by atoms with van der Waals surface area (Å²) >= 11 is 0. The summed E-state index contributed by atoms with van der Waals surface area (Å²) in [7, 11) is 2.99. The third-order valence-corrected chi connectivity index (χ3v) is 4.82. The fourth-order valence-corrected chi connectivity index (χ4v) is 3.37. The van der Waals surface area contributed by atoms with Gasteiger partial charge in [-0.15, -0.1) is 0 Å². The Bertz CT molecular complexity index is 1020. The summed E-state index contributed by atoms with van der Waals surface area (Å²) in [5.41, 5.74) is 2.24. The minimum atomic E-state index is -0.923. The van der Waals surface area contributed by atoms with Crippen LogP contribution >= 0.6 is 0 Å². The molecule has 1 aliphatic rings. The van der Waals surface area contributed by atoms with Crippen LogP contribution in [0.3, 0.4) is 0 Å². The van der Waals surface area contributed by atoms with Crippen molar-refractivity contribution in [1.29, 1.82) is 0 Å². The van der Waals surface area contributed by atoms with Crippen LogP contribution in [0.25, 0.3) is 0 Å². The van der Waals surface area contributed by atoms with E-state index in [-0.39, 0.29) is 12.3 Å². The number of hydrogen-bond acceptors (Lipinski definition) is 6. The molecule has 0 saturated carbocycles. The van der Waals surface area contributed by atoms with Gasteiger partial charge >= 0.3 is 0 Å². The molecule has 1 atom stereocenters. The first kappa shape index (κ1) is 21.0. The van der Waals surface area contributed by atoms with Gasteiger partial charge in [0, 0.05) is 24.6 Å². The van der Waals surface area contributed by atoms with E-state index in [0.29, 0.717) is 34.0 Å². The standard InChI is InChI=1S/C22H23N3O5/c1-13-16-10-19(29-3)20(30-4)11-17(16)18(22(28)25(24-13)14(2)26)12-21(27)23-15-8-6-5-7-9-15/h5-11,18H,12H2,1-4H3,(H,23,27)/t18-/m1/s1. The average Bonchev–Trinajstić information content (AvgIpc) is 2.83. The van der Waals surface area contributed by atoms with E-state index in [9.17, 15) is 14.4 Å². The van der Waals surface area contributed by atoms with Crippen LogP contribution in [0.2, 0.25) is 0 Å². The molecule has 3 rings (SSSR count). The van der Waals surface area contributed by atoms with Gasteiger partial charge in [0.05, 0.1) is 25.8 Å². The summed E-state index contributed by atoms with van der Waals surface area (Å²) in [6, 6.07) is 12.3. The van der Waals surface area contributed by atoms with E-state index in [1.54, 1.807) is 43.3 Å². The zero-order valence-corrected chi connectivity index (χ0v) is 17.3. The van der Waals surface area contributed by atoms with Crippen LogP contribution < -0.4 is 14.8 Å². The Morgan fingerprint density at radius 1 is 1.10 bits per heavy atom. The fraction of sp³-hybridized carbons (Fsp3) is 0.273. The number of fused-ring (bicyclic) bond motifs is 1. The number of benzene rings is 2. The Morgan fingerprint density at radius 3 is 2.33 bits per heavy atom. The topological polar surface area (TPSA) is 97.3 Å². The molecule has 1 aliphatic heterocycles. The van der Waals surface area contributed by atoms with E-state index in [0.717, 1.165) is 5.01 Å². The molecule has 30 heavy (non-hydrogen) atoms. The van der Waals surface area contributed by atoms with Gasteiger partial charge in [0.15, 0.2) is 11.5 Å². The Balaban J connectivity index is 2.05. The van der Waals surface area contributed by atoms with Crippen molar-refractivity contribution in [3.05, 3.63) is 53.6 Å². The zero-order chi connectivity index (χ0) is 21.8. The van der Waals surface area contributed by atoms with Gasteiger partial charge in [0.1, 0.15) is 0 Å². The first-order valence-corrected chi connectivity index (χ1v) is 9.36. The molecular weight excluding hydrogens is 386 g/mol. The van der Waals surface area contributed by atoms with Crippen LogP contribution in [0.15, 0.2) is 47.6 Å². The maximum atomic E-state index is 13.2. The third kappa shape index (κ3) is 4.17. The van der Waals surface area contributed by atoms with Crippen molar-refractivity contribution in [2.45, 2.75) is 26.2 Å². The van der Waals surface area contributed by atoms with Gasteiger partial charge in [-0.1, -0.05) is 18.2 Å². The number of nitrogens with zero attached hydrogens (tertiary/aromatic N) is 2. The van der Waals surface area contributed by atoms with E-state index in [1.165, 1.54) is 21.1 Å². The Hall–Kier alpha value is -3.68. The second kappa shape index (κ2) is 8.77. The molecule has 1 heterocycles. The molecule has 156 valence electrons. The third-order valence-electron chi connectivity index (χ3n) is 4.82. The quantitative estimate of drug-likeness (QED) is 0.819. The van der Waals surface area contributed by atoms with Crippen LogP contribution in [0.1, 0.15) is 37.3 Å². The molecule has 0 aromatic heterocycles. The van der Waals surface area contributed by atoms with E-state index in [2.05, 4.69) is 10.4 Å². The average molecular weight is 409 g/mol. The minimum Gasteiger partial charge on any atom is -0.493 e. The summed E-state index contributed by atoms with van der Waals surface area (Å²) < 4.78 is 10.7. The lowest BCUT2D eigenvalue weighted by molar-refractivity contribution is -0.145. The summed E-state index contributed by atoms with van der Waals surface area (Å²) in [5.74, 6) is -1.50. The number of amides is 3. The molecule has 0 bridgehead atoms. The maximum absolute atomic E-state index is 13.2. The Morgan fingerprint density at radius 2 is 1.73 bits per heavy atom. The number of para-hydroxylation sites is 1. The second-order valence-corrected chi connectivity index (χ2v) is 6.82. The molecule has 0 saturated heterocycles. The van der Waals surface area contributed by atoms with E-state index in [4.69, 9.17) is 9.47 Å². The van der Waals surface area contributed by atoms with Gasteiger partial charge in [-0.05, 0) is 36.8 Å². The Kier molecular flexibility index (Phi) is 6.15. The number of hydrogen-bond donors (Lipinski definition) is 1. The van der Waals surface area contributed by atoms with Crippen LogP contribution in [0, 0.1) is 0 Å². The van der Waals surface area contributed by atoms with Gasteiger partial charge in [-0.25, -0.2) is 0 Å². The number of rotatable bonds is 5. The summed E-state index contributed by atoms with van der Waals surface area (Å²) in [5, 5.41) is 7.79. The monoisotopic (exact) mass is 409 g/mol. The molecule has 8 heteroatoms. The van der Waals surface area contributed by atoms with Crippen molar-refractivity contribution in [3.63, 3.8) is 0 Å². The van der Waals surface area contributed by atoms with Crippen LogP contribution in [-0.4, -0.2) is 42.7 Å². The second-order valence-electron chi connectivity index (χ2n) is 6.82. The molecule has 0 spiro atoms. The van der Waals surface area contributed by atoms with Crippen LogP contribution in [-0.2, 0) is 14.4 Å². The maximum Gasteiger partial charge on any atom is 0.257 e. The molecule has 8 nitrogen and oxygen atoms in total. The number of hydrazone groups is 1. The largest absolute Gasteiger partial charge is 0.493 e. The minimum absolute atomic E-state index is 0.164. The molecule has 2 aromatic rings. The van der Waals surface area contributed by atoms with E-state index < -0.39 is 17.7 Å². The molecular formula is C22H23N3O5. The zero-order valence-electron chi connectivity index (χ0n) is 17.3. The summed E-state index contributed by atoms with van der Waals surface area (Å²) in [4.78, 5) is 38.0.